The summed E-state index contributed by atoms with van der Waals surface area (Å²) < 4.78 is 10.8. The van der Waals surface area contributed by atoms with Gasteiger partial charge in [0.25, 0.3) is 0 Å². The van der Waals surface area contributed by atoms with Crippen molar-refractivity contribution < 1.29 is 9.47 Å². The summed E-state index contributed by atoms with van der Waals surface area (Å²) in [5, 5.41) is 3.63. The third kappa shape index (κ3) is 1.54. The van der Waals surface area contributed by atoms with E-state index in [2.05, 4.69) is 23.5 Å². The van der Waals surface area contributed by atoms with Crippen LogP contribution in [0.4, 0.5) is 0 Å². The first-order valence-corrected chi connectivity index (χ1v) is 6.75. The fraction of sp³-hybridized carbons (Fsp3) is 0.467. The SMILES string of the molecule is C1=C2[C@H](c3ccc4c(c3)OCO4)CN[C@@H]2CCC1. The standard InChI is InChI=1S/C15H17NO2/c1-2-4-13-11(3-1)12(8-16-13)10-5-6-14-15(7-10)18-9-17-14/h3,5-7,12-13,16H,1-2,4,8-9H2/t12-,13+/m0/s1. The largest absolute Gasteiger partial charge is 0.454 e. The molecule has 0 saturated carbocycles. The highest BCUT2D eigenvalue weighted by atomic mass is 16.7. The van der Waals surface area contributed by atoms with E-state index in [0.29, 0.717) is 18.8 Å². The zero-order chi connectivity index (χ0) is 11.9. The molecule has 0 aromatic heterocycles. The molecule has 2 heterocycles. The van der Waals surface area contributed by atoms with Crippen LogP contribution in [0, 0.1) is 0 Å². The van der Waals surface area contributed by atoms with E-state index < -0.39 is 0 Å². The van der Waals surface area contributed by atoms with E-state index in [0.717, 1.165) is 18.0 Å². The van der Waals surface area contributed by atoms with Crippen molar-refractivity contribution in [3.63, 3.8) is 0 Å². The van der Waals surface area contributed by atoms with Gasteiger partial charge in [0.05, 0.1) is 0 Å². The van der Waals surface area contributed by atoms with E-state index in [-0.39, 0.29) is 0 Å². The smallest absolute Gasteiger partial charge is 0.231 e. The molecule has 0 amide bonds. The molecule has 0 unspecified atom stereocenters. The quantitative estimate of drug-likeness (QED) is 0.769. The molecule has 2 atom stereocenters. The Morgan fingerprint density at radius 2 is 2.11 bits per heavy atom. The third-order valence-corrected chi connectivity index (χ3v) is 4.25. The van der Waals surface area contributed by atoms with Crippen LogP contribution in [-0.4, -0.2) is 19.4 Å². The Hall–Kier alpha value is -1.48. The molecule has 0 radical (unpaired) electrons. The predicted octanol–water partition coefficient (Wildman–Crippen LogP) is 2.58. The summed E-state index contributed by atoms with van der Waals surface area (Å²) in [7, 11) is 0. The van der Waals surface area contributed by atoms with E-state index in [4.69, 9.17) is 9.47 Å². The zero-order valence-corrected chi connectivity index (χ0v) is 10.3. The lowest BCUT2D eigenvalue weighted by molar-refractivity contribution is 0.174. The normalized spacial score (nSPS) is 29.0. The van der Waals surface area contributed by atoms with E-state index in [1.54, 1.807) is 5.57 Å². The van der Waals surface area contributed by atoms with E-state index in [1.807, 2.05) is 6.07 Å². The van der Waals surface area contributed by atoms with Crippen molar-refractivity contribution >= 4 is 0 Å². The summed E-state index contributed by atoms with van der Waals surface area (Å²) >= 11 is 0. The van der Waals surface area contributed by atoms with E-state index >= 15 is 0 Å². The Bertz CT molecular complexity index is 509. The second-order valence-electron chi connectivity index (χ2n) is 5.26. The summed E-state index contributed by atoms with van der Waals surface area (Å²) in [5.41, 5.74) is 2.93. The summed E-state index contributed by atoms with van der Waals surface area (Å²) in [5.74, 6) is 2.29. The van der Waals surface area contributed by atoms with Crippen LogP contribution in [0.1, 0.15) is 30.7 Å². The molecule has 1 N–H and O–H groups in total. The fourth-order valence-corrected chi connectivity index (χ4v) is 3.32. The monoisotopic (exact) mass is 243 g/mol. The second-order valence-corrected chi connectivity index (χ2v) is 5.26. The molecule has 4 rings (SSSR count). The van der Waals surface area contributed by atoms with Crippen LogP contribution in [-0.2, 0) is 0 Å². The third-order valence-electron chi connectivity index (χ3n) is 4.25. The van der Waals surface area contributed by atoms with Crippen LogP contribution in [0.25, 0.3) is 0 Å². The maximum absolute atomic E-state index is 5.47. The van der Waals surface area contributed by atoms with Gasteiger partial charge in [-0.15, -0.1) is 0 Å². The van der Waals surface area contributed by atoms with Gasteiger partial charge in [-0.3, -0.25) is 0 Å². The van der Waals surface area contributed by atoms with Gasteiger partial charge in [0.1, 0.15) is 0 Å². The van der Waals surface area contributed by atoms with Gasteiger partial charge in [-0.1, -0.05) is 12.1 Å². The van der Waals surface area contributed by atoms with Crippen LogP contribution in [0.5, 0.6) is 11.5 Å². The summed E-state index contributed by atoms with van der Waals surface area (Å²) in [4.78, 5) is 0. The van der Waals surface area contributed by atoms with Crippen LogP contribution in [0.3, 0.4) is 0 Å². The summed E-state index contributed by atoms with van der Waals surface area (Å²) in [6, 6.07) is 6.97. The molecule has 3 heteroatoms. The molecule has 1 saturated heterocycles. The van der Waals surface area contributed by atoms with Crippen LogP contribution in [0.15, 0.2) is 29.8 Å². The number of benzene rings is 1. The number of fused-ring (bicyclic) bond motifs is 2. The first kappa shape index (κ1) is 10.4. The Labute approximate surface area is 107 Å². The number of hydrogen-bond acceptors (Lipinski definition) is 3. The van der Waals surface area contributed by atoms with Gasteiger partial charge >= 0.3 is 0 Å². The van der Waals surface area contributed by atoms with Crippen LogP contribution >= 0.6 is 0 Å². The van der Waals surface area contributed by atoms with Gasteiger partial charge in [0, 0.05) is 18.5 Å². The lowest BCUT2D eigenvalue weighted by atomic mass is 9.85. The first-order valence-electron chi connectivity index (χ1n) is 6.75. The van der Waals surface area contributed by atoms with Crippen LogP contribution < -0.4 is 14.8 Å². The van der Waals surface area contributed by atoms with Crippen molar-refractivity contribution in [1.82, 2.24) is 5.32 Å². The number of allylic oxidation sites excluding steroid dienone is 1. The molecule has 1 aromatic carbocycles. The van der Waals surface area contributed by atoms with Gasteiger partial charge in [-0.05, 0) is 42.5 Å². The molecule has 3 nitrogen and oxygen atoms in total. The number of ether oxygens (including phenoxy) is 2. The van der Waals surface area contributed by atoms with Crippen molar-refractivity contribution in [1.29, 1.82) is 0 Å². The highest BCUT2D eigenvalue weighted by molar-refractivity contribution is 5.48. The molecule has 94 valence electrons. The lowest BCUT2D eigenvalue weighted by Gasteiger charge is -2.20. The Morgan fingerprint density at radius 1 is 1.17 bits per heavy atom. The second kappa shape index (κ2) is 4.02. The molecular weight excluding hydrogens is 226 g/mol. The molecule has 2 aliphatic heterocycles. The van der Waals surface area contributed by atoms with Gasteiger partial charge in [-0.2, -0.15) is 0 Å². The minimum Gasteiger partial charge on any atom is -0.454 e. The van der Waals surface area contributed by atoms with Crippen molar-refractivity contribution in [3.05, 3.63) is 35.4 Å². The molecule has 0 bridgehead atoms. The van der Waals surface area contributed by atoms with E-state index in [1.165, 1.54) is 24.8 Å². The minimum absolute atomic E-state index is 0.354. The Kier molecular flexibility index (Phi) is 2.33. The molecule has 1 aromatic rings. The van der Waals surface area contributed by atoms with Gasteiger partial charge in [0.2, 0.25) is 6.79 Å². The van der Waals surface area contributed by atoms with E-state index in [9.17, 15) is 0 Å². The van der Waals surface area contributed by atoms with Gasteiger partial charge in [0.15, 0.2) is 11.5 Å². The molecule has 18 heavy (non-hydrogen) atoms. The maximum Gasteiger partial charge on any atom is 0.231 e. The Morgan fingerprint density at radius 3 is 3.11 bits per heavy atom. The Balaban J connectivity index is 1.69. The highest BCUT2D eigenvalue weighted by Crippen LogP contribution is 2.40. The summed E-state index contributed by atoms with van der Waals surface area (Å²) in [6.45, 7) is 1.41. The number of nitrogens with one attached hydrogen (secondary N) is 1. The van der Waals surface area contributed by atoms with Gasteiger partial charge < -0.3 is 14.8 Å². The predicted molar refractivity (Wildman–Crippen MR) is 69.0 cm³/mol. The zero-order valence-electron chi connectivity index (χ0n) is 10.3. The lowest BCUT2D eigenvalue weighted by Crippen LogP contribution is -2.23. The minimum atomic E-state index is 0.354. The summed E-state index contributed by atoms with van der Waals surface area (Å²) in [6.07, 6.45) is 6.26. The average Bonchev–Trinajstić information content (AvgIpc) is 3.04. The van der Waals surface area contributed by atoms with Crippen molar-refractivity contribution in [2.45, 2.75) is 31.2 Å². The molecular formula is C15H17NO2. The van der Waals surface area contributed by atoms with Crippen LogP contribution in [0.2, 0.25) is 0 Å². The van der Waals surface area contributed by atoms with Gasteiger partial charge in [-0.25, -0.2) is 0 Å². The topological polar surface area (TPSA) is 30.5 Å². The number of rotatable bonds is 1. The maximum atomic E-state index is 5.47. The first-order chi connectivity index (χ1) is 8.92. The van der Waals surface area contributed by atoms with Crippen molar-refractivity contribution in [2.24, 2.45) is 0 Å². The number of hydrogen-bond donors (Lipinski definition) is 1. The molecule has 1 aliphatic carbocycles. The molecule has 1 fully saturated rings. The molecule has 0 spiro atoms. The van der Waals surface area contributed by atoms with Crippen molar-refractivity contribution in [2.75, 3.05) is 13.3 Å². The highest BCUT2D eigenvalue weighted by Gasteiger charge is 2.32. The fourth-order valence-electron chi connectivity index (χ4n) is 3.32. The average molecular weight is 243 g/mol. The molecule has 3 aliphatic rings. The van der Waals surface area contributed by atoms with Crippen molar-refractivity contribution in [3.8, 4) is 11.5 Å².